The van der Waals surface area contributed by atoms with E-state index in [4.69, 9.17) is 23.8 Å². The number of benzene rings is 7. The monoisotopic (exact) mass is 615 g/mol. The topological polar surface area (TPSA) is 65.0 Å². The maximum absolute atomic E-state index is 6.67. The third-order valence-electron chi connectivity index (χ3n) is 9.08. The molecule has 5 heteroatoms. The van der Waals surface area contributed by atoms with Crippen molar-refractivity contribution in [2.75, 3.05) is 0 Å². The van der Waals surface area contributed by atoms with Gasteiger partial charge in [0.15, 0.2) is 17.5 Å². The highest BCUT2D eigenvalue weighted by Crippen LogP contribution is 2.42. The molecule has 224 valence electrons. The summed E-state index contributed by atoms with van der Waals surface area (Å²) in [6, 6.07) is 51.7. The zero-order valence-electron chi connectivity index (χ0n) is 25.6. The highest BCUT2D eigenvalue weighted by Gasteiger charge is 2.20. The number of aromatic nitrogens is 3. The minimum atomic E-state index is 0.575. The minimum Gasteiger partial charge on any atom is -0.456 e. The van der Waals surface area contributed by atoms with Crippen molar-refractivity contribution in [1.29, 1.82) is 0 Å². The average molecular weight is 616 g/mol. The zero-order chi connectivity index (χ0) is 31.6. The van der Waals surface area contributed by atoms with Crippen molar-refractivity contribution in [3.63, 3.8) is 0 Å². The van der Waals surface area contributed by atoms with E-state index in [1.807, 2.05) is 78.9 Å². The summed E-state index contributed by atoms with van der Waals surface area (Å²) in [7, 11) is 0. The standard InChI is InChI=1S/C43H25N3O2/c1-3-11-26(12-4-1)41-44-42(27-13-5-2-6-14-27)46-43(45-41)31-23-33(30-19-20-37-34(22-30)32-17-9-10-18-36(32)47-37)40-35-21-28-15-7-8-16-29(28)24-38(35)48-39(40)25-31/h1-25H. The molecular weight excluding hydrogens is 590 g/mol. The van der Waals surface area contributed by atoms with Crippen LogP contribution in [0.2, 0.25) is 0 Å². The van der Waals surface area contributed by atoms with Crippen LogP contribution in [0.5, 0.6) is 0 Å². The van der Waals surface area contributed by atoms with Gasteiger partial charge in [-0.05, 0) is 64.4 Å². The first-order valence-corrected chi connectivity index (χ1v) is 15.9. The van der Waals surface area contributed by atoms with Gasteiger partial charge < -0.3 is 8.83 Å². The lowest BCUT2D eigenvalue weighted by Gasteiger charge is -2.11. The lowest BCUT2D eigenvalue weighted by Crippen LogP contribution is -2.00. The Labute approximate surface area is 274 Å². The van der Waals surface area contributed by atoms with Crippen LogP contribution in [-0.2, 0) is 0 Å². The van der Waals surface area contributed by atoms with Crippen LogP contribution in [0.1, 0.15) is 0 Å². The third-order valence-corrected chi connectivity index (χ3v) is 9.08. The second kappa shape index (κ2) is 10.5. The fourth-order valence-electron chi connectivity index (χ4n) is 6.78. The summed E-state index contributed by atoms with van der Waals surface area (Å²) in [5, 5.41) is 6.56. The second-order valence-electron chi connectivity index (χ2n) is 12.0. The fourth-order valence-corrected chi connectivity index (χ4v) is 6.78. The van der Waals surface area contributed by atoms with Gasteiger partial charge in [0.2, 0.25) is 0 Å². The SMILES string of the molecule is c1ccc(-c2nc(-c3ccccc3)nc(-c3cc(-c4ccc5oc6ccccc6c5c4)c4c(c3)oc3cc5ccccc5cc34)n2)cc1. The number of rotatable bonds is 4. The van der Waals surface area contributed by atoms with Crippen LogP contribution >= 0.6 is 0 Å². The van der Waals surface area contributed by atoms with Crippen molar-refractivity contribution >= 4 is 54.6 Å². The van der Waals surface area contributed by atoms with Crippen molar-refractivity contribution in [3.8, 4) is 45.3 Å². The summed E-state index contributed by atoms with van der Waals surface area (Å²) in [4.78, 5) is 15.0. The smallest absolute Gasteiger partial charge is 0.164 e. The van der Waals surface area contributed by atoms with Gasteiger partial charge in [0, 0.05) is 38.2 Å². The van der Waals surface area contributed by atoms with Gasteiger partial charge in [-0.1, -0.05) is 109 Å². The van der Waals surface area contributed by atoms with Gasteiger partial charge in [-0.25, -0.2) is 15.0 Å². The summed E-state index contributed by atoms with van der Waals surface area (Å²) in [5.41, 5.74) is 8.11. The maximum Gasteiger partial charge on any atom is 0.164 e. The summed E-state index contributed by atoms with van der Waals surface area (Å²) < 4.78 is 12.9. The minimum absolute atomic E-state index is 0.575. The molecule has 3 heterocycles. The molecule has 0 saturated heterocycles. The first-order chi connectivity index (χ1) is 23.7. The molecular formula is C43H25N3O2. The molecule has 0 unspecified atom stereocenters. The first-order valence-electron chi connectivity index (χ1n) is 15.9. The van der Waals surface area contributed by atoms with E-state index in [0.717, 1.165) is 82.5 Å². The fraction of sp³-hybridized carbons (Fsp3) is 0. The van der Waals surface area contributed by atoms with E-state index in [1.165, 1.54) is 0 Å². The number of fused-ring (bicyclic) bond motifs is 7. The molecule has 0 aliphatic carbocycles. The highest BCUT2D eigenvalue weighted by atomic mass is 16.3. The molecule has 3 aromatic heterocycles. The van der Waals surface area contributed by atoms with E-state index in [0.29, 0.717) is 17.5 Å². The van der Waals surface area contributed by atoms with Crippen LogP contribution in [0.3, 0.4) is 0 Å². The maximum atomic E-state index is 6.67. The summed E-state index contributed by atoms with van der Waals surface area (Å²) >= 11 is 0. The Morgan fingerprint density at radius 3 is 1.65 bits per heavy atom. The predicted molar refractivity (Wildman–Crippen MR) is 194 cm³/mol. The van der Waals surface area contributed by atoms with Gasteiger partial charge >= 0.3 is 0 Å². The zero-order valence-corrected chi connectivity index (χ0v) is 25.6. The largest absolute Gasteiger partial charge is 0.456 e. The molecule has 0 spiro atoms. The molecule has 10 rings (SSSR count). The Hall–Kier alpha value is -6.59. The van der Waals surface area contributed by atoms with Crippen molar-refractivity contribution in [2.45, 2.75) is 0 Å². The van der Waals surface area contributed by atoms with Crippen molar-refractivity contribution in [3.05, 3.63) is 152 Å². The van der Waals surface area contributed by atoms with Gasteiger partial charge in [0.1, 0.15) is 22.3 Å². The molecule has 0 radical (unpaired) electrons. The molecule has 5 nitrogen and oxygen atoms in total. The molecule has 0 bridgehead atoms. The van der Waals surface area contributed by atoms with E-state index < -0.39 is 0 Å². The van der Waals surface area contributed by atoms with E-state index in [9.17, 15) is 0 Å². The number of nitrogens with zero attached hydrogens (tertiary/aromatic N) is 3. The first kappa shape index (κ1) is 26.6. The Balaban J connectivity index is 1.27. The van der Waals surface area contributed by atoms with Gasteiger partial charge in [0.25, 0.3) is 0 Å². The molecule has 0 fully saturated rings. The quantitative estimate of drug-likeness (QED) is 0.197. The number of furan rings is 2. The van der Waals surface area contributed by atoms with Gasteiger partial charge in [-0.2, -0.15) is 0 Å². The highest BCUT2D eigenvalue weighted by molar-refractivity contribution is 6.17. The summed E-state index contributed by atoms with van der Waals surface area (Å²) in [5.74, 6) is 1.80. The molecule has 7 aromatic carbocycles. The lowest BCUT2D eigenvalue weighted by molar-refractivity contribution is 0.669. The normalized spacial score (nSPS) is 11.8. The lowest BCUT2D eigenvalue weighted by atomic mass is 9.95. The Morgan fingerprint density at radius 2 is 0.917 bits per heavy atom. The molecule has 10 aromatic rings. The third kappa shape index (κ3) is 4.29. The molecule has 48 heavy (non-hydrogen) atoms. The van der Waals surface area contributed by atoms with Crippen molar-refractivity contribution in [2.24, 2.45) is 0 Å². The number of hydrogen-bond donors (Lipinski definition) is 0. The van der Waals surface area contributed by atoms with E-state index in [-0.39, 0.29) is 0 Å². The van der Waals surface area contributed by atoms with Crippen LogP contribution < -0.4 is 0 Å². The van der Waals surface area contributed by atoms with Crippen molar-refractivity contribution < 1.29 is 8.83 Å². The van der Waals surface area contributed by atoms with Crippen LogP contribution in [0, 0.1) is 0 Å². The van der Waals surface area contributed by atoms with Gasteiger partial charge in [-0.15, -0.1) is 0 Å². The van der Waals surface area contributed by atoms with Gasteiger partial charge in [0.05, 0.1) is 0 Å². The van der Waals surface area contributed by atoms with Crippen LogP contribution in [-0.4, -0.2) is 15.0 Å². The predicted octanol–water partition coefficient (Wildman–Crippen LogP) is 11.5. The van der Waals surface area contributed by atoms with E-state index in [2.05, 4.69) is 72.8 Å². The van der Waals surface area contributed by atoms with Crippen LogP contribution in [0.25, 0.3) is 99.9 Å². The molecule has 0 saturated carbocycles. The summed E-state index contributed by atoms with van der Waals surface area (Å²) in [6.45, 7) is 0. The average Bonchev–Trinajstić information content (AvgIpc) is 3.71. The molecule has 0 amide bonds. The van der Waals surface area contributed by atoms with Crippen LogP contribution in [0.4, 0.5) is 0 Å². The molecule has 0 atom stereocenters. The molecule has 0 aliphatic heterocycles. The Kier molecular flexibility index (Phi) is 5.81. The van der Waals surface area contributed by atoms with E-state index >= 15 is 0 Å². The number of para-hydroxylation sites is 1. The summed E-state index contributed by atoms with van der Waals surface area (Å²) in [6.07, 6.45) is 0. The second-order valence-corrected chi connectivity index (χ2v) is 12.0. The number of hydrogen-bond acceptors (Lipinski definition) is 5. The van der Waals surface area contributed by atoms with Crippen LogP contribution in [0.15, 0.2) is 160 Å². The molecule has 0 N–H and O–H groups in total. The van der Waals surface area contributed by atoms with Gasteiger partial charge in [-0.3, -0.25) is 0 Å². The molecule has 0 aliphatic rings. The van der Waals surface area contributed by atoms with Crippen molar-refractivity contribution in [1.82, 2.24) is 15.0 Å². The Bertz CT molecular complexity index is 2780. The Morgan fingerprint density at radius 1 is 0.333 bits per heavy atom. The van der Waals surface area contributed by atoms with E-state index in [1.54, 1.807) is 0 Å².